The molecule has 3 heterocycles. The summed E-state index contributed by atoms with van der Waals surface area (Å²) in [4.78, 5) is 12.8. The van der Waals surface area contributed by atoms with Crippen molar-refractivity contribution in [2.24, 2.45) is 0 Å². The molecule has 2 aromatic carbocycles. The van der Waals surface area contributed by atoms with Gasteiger partial charge in [0.25, 0.3) is 11.7 Å². The van der Waals surface area contributed by atoms with Gasteiger partial charge < -0.3 is 52.9 Å². The van der Waals surface area contributed by atoms with Crippen LogP contribution in [0.3, 0.4) is 0 Å². The summed E-state index contributed by atoms with van der Waals surface area (Å²) >= 11 is 0. The zero-order chi connectivity index (χ0) is 31.8. The Hall–Kier alpha value is -4.85. The van der Waals surface area contributed by atoms with Gasteiger partial charge in [-0.3, -0.25) is 4.79 Å². The van der Waals surface area contributed by atoms with Gasteiger partial charge in [-0.05, 0) is 42.0 Å². The number of Topliss-reactive ketones (excluding diaryl/α,β-unsaturated/α-hetero) is 1. The molecule has 0 aromatic heterocycles. The Labute approximate surface area is 256 Å². The van der Waals surface area contributed by atoms with Crippen molar-refractivity contribution >= 4 is 28.6 Å². The number of hydrogen-bond donors (Lipinski definition) is 4. The molecular weight excluding hydrogens is 588 g/mol. The van der Waals surface area contributed by atoms with E-state index in [1.54, 1.807) is 42.5 Å². The fourth-order valence-corrected chi connectivity index (χ4v) is 5.17. The van der Waals surface area contributed by atoms with Crippen molar-refractivity contribution < 1.29 is 57.7 Å². The molecule has 0 unspecified atom stereocenters. The largest absolute Gasteiger partial charge is 0.492 e. The predicted octanol–water partition coefficient (Wildman–Crippen LogP) is 2.82. The highest BCUT2D eigenvalue weighted by Crippen LogP contribution is 2.43. The zero-order valence-electron chi connectivity index (χ0n) is 24.2. The van der Waals surface area contributed by atoms with Crippen LogP contribution in [0.5, 0.6) is 17.4 Å². The zero-order valence-corrected chi connectivity index (χ0v) is 24.2. The van der Waals surface area contributed by atoms with E-state index in [4.69, 9.17) is 32.5 Å². The number of methoxy groups -OCH3 is 2. The second-order valence-corrected chi connectivity index (χ2v) is 10.3. The van der Waals surface area contributed by atoms with Gasteiger partial charge in [-0.15, -0.1) is 0 Å². The topological polar surface area (TPSA) is 170 Å². The van der Waals surface area contributed by atoms with Crippen molar-refractivity contribution in [3.63, 3.8) is 0 Å². The van der Waals surface area contributed by atoms with Gasteiger partial charge in [-0.1, -0.05) is 30.9 Å². The van der Waals surface area contributed by atoms with Crippen LogP contribution in [0.15, 0.2) is 87.6 Å². The number of carbonyl (C=O) groups is 1. The van der Waals surface area contributed by atoms with E-state index in [2.05, 4.69) is 6.58 Å². The number of aliphatic hydroxyl groups is 4. The second-order valence-electron chi connectivity index (χ2n) is 10.3. The highest BCUT2D eigenvalue weighted by Gasteiger charge is 2.45. The maximum atomic E-state index is 12.8. The van der Waals surface area contributed by atoms with Crippen LogP contribution in [0.2, 0.25) is 0 Å². The quantitative estimate of drug-likeness (QED) is 0.228. The first-order chi connectivity index (χ1) is 21.8. The Bertz CT molecular complexity index is 1820. The van der Waals surface area contributed by atoms with Gasteiger partial charge in [-0.2, -0.15) is 0 Å². The molecule has 12 heteroatoms. The fourth-order valence-electron chi connectivity index (χ4n) is 5.17. The number of ether oxygens (including phenoxy) is 5. The third kappa shape index (κ3) is 5.50. The fraction of sp³-hybridized carbons (Fsp3) is 0.242. The van der Waals surface area contributed by atoms with Crippen molar-refractivity contribution in [3.8, 4) is 28.6 Å². The summed E-state index contributed by atoms with van der Waals surface area (Å²) in [5.41, 5.74) is 2.86. The van der Waals surface area contributed by atoms with Gasteiger partial charge in [0, 0.05) is 17.2 Å². The Kier molecular flexibility index (Phi) is 8.23. The molecule has 4 aliphatic rings. The first kappa shape index (κ1) is 30.2. The predicted molar refractivity (Wildman–Crippen MR) is 159 cm³/mol. The van der Waals surface area contributed by atoms with E-state index in [0.29, 0.717) is 33.6 Å². The van der Waals surface area contributed by atoms with Crippen LogP contribution < -0.4 is 14.9 Å². The SMILES string of the molecule is C=Cc1ccc(Oc2cc3c(O[C@@H]4O[C@H](CO)[C@@H](O)[C@H](O)[C@H]4O)c(=C4C=C(OC)C(=O)C(OC)=C4)oc4cccc(o2)c4-3)cc1. The molecule has 0 radical (unpaired) electrons. The minimum Gasteiger partial charge on any atom is -0.492 e. The van der Waals surface area contributed by atoms with Crippen molar-refractivity contribution in [1.82, 2.24) is 0 Å². The van der Waals surface area contributed by atoms with E-state index >= 15 is 0 Å². The minimum atomic E-state index is -1.73. The smallest absolute Gasteiger partial charge is 0.291 e. The van der Waals surface area contributed by atoms with E-state index in [9.17, 15) is 25.2 Å². The van der Waals surface area contributed by atoms with Gasteiger partial charge >= 0.3 is 0 Å². The first-order valence-corrected chi connectivity index (χ1v) is 13.9. The molecule has 0 spiro atoms. The highest BCUT2D eigenvalue weighted by atomic mass is 16.7. The lowest BCUT2D eigenvalue weighted by Gasteiger charge is -2.39. The van der Waals surface area contributed by atoms with Crippen LogP contribution >= 0.6 is 0 Å². The van der Waals surface area contributed by atoms with Crippen LogP contribution in [0.25, 0.3) is 33.9 Å². The number of allylic oxidation sites excluding steroid dienone is 2. The van der Waals surface area contributed by atoms with Gasteiger partial charge in [0.2, 0.25) is 6.29 Å². The summed E-state index contributed by atoms with van der Waals surface area (Å²) in [6.45, 7) is 3.10. The van der Waals surface area contributed by atoms with Crippen LogP contribution in [0.1, 0.15) is 5.56 Å². The van der Waals surface area contributed by atoms with Crippen LogP contribution in [0, 0.1) is 0 Å². The van der Waals surface area contributed by atoms with Crippen molar-refractivity contribution in [2.45, 2.75) is 30.7 Å². The molecule has 1 aliphatic carbocycles. The minimum absolute atomic E-state index is 0.00607. The highest BCUT2D eigenvalue weighted by molar-refractivity contribution is 6.10. The standard InChI is InChI=1S/C33H30O12/c1-4-16-8-10-18(11-9-16)41-25-14-19-26-20(42-25)6-5-7-21(26)43-31(17-12-22(39-2)27(35)23(13-17)40-3)32(19)45-33-30(38)29(37)28(36)24(15-34)44-33/h4-14,24,28-30,33-34,36-38H,1,15H2,2-3H3/t24-,28-,29+,30-,33+/m1/s1. The summed E-state index contributed by atoms with van der Waals surface area (Å²) in [5.74, 6) is -0.0229. The van der Waals surface area contributed by atoms with Crippen LogP contribution in [0.4, 0.5) is 0 Å². The number of carbonyl (C=O) groups excluding carboxylic acids is 1. The lowest BCUT2D eigenvalue weighted by atomic mass is 9.98. The van der Waals surface area contributed by atoms with E-state index in [1.807, 2.05) is 12.1 Å². The molecule has 0 saturated carbocycles. The molecule has 0 bridgehead atoms. The molecule has 2 aromatic rings. The van der Waals surface area contributed by atoms with E-state index in [0.717, 1.165) is 5.56 Å². The molecular formula is C33H30O12. The van der Waals surface area contributed by atoms with Gasteiger partial charge in [0.05, 0.1) is 26.4 Å². The van der Waals surface area contributed by atoms with Crippen LogP contribution in [-0.4, -0.2) is 77.7 Å². The van der Waals surface area contributed by atoms with E-state index in [1.165, 1.54) is 26.4 Å². The van der Waals surface area contributed by atoms with Gasteiger partial charge in [0.1, 0.15) is 41.3 Å². The molecule has 5 atom stereocenters. The summed E-state index contributed by atoms with van der Waals surface area (Å²) in [7, 11) is 2.67. The molecule has 234 valence electrons. The third-order valence-electron chi connectivity index (χ3n) is 7.53. The first-order valence-electron chi connectivity index (χ1n) is 13.9. The number of aliphatic hydroxyl groups excluding tert-OH is 4. The molecule has 1 fully saturated rings. The second kappa shape index (κ2) is 12.3. The lowest BCUT2D eigenvalue weighted by molar-refractivity contribution is -0.277. The maximum absolute atomic E-state index is 12.8. The molecule has 4 N–H and O–H groups in total. The van der Waals surface area contributed by atoms with Crippen molar-refractivity contribution in [2.75, 3.05) is 20.8 Å². The van der Waals surface area contributed by atoms with E-state index < -0.39 is 43.1 Å². The Morgan fingerprint density at radius 2 is 1.58 bits per heavy atom. The summed E-state index contributed by atoms with van der Waals surface area (Å²) < 4.78 is 41.0. The Balaban J connectivity index is 1.61. The molecule has 6 rings (SSSR count). The molecule has 12 nitrogen and oxygen atoms in total. The Morgan fingerprint density at radius 3 is 2.20 bits per heavy atom. The molecule has 3 aliphatic heterocycles. The summed E-state index contributed by atoms with van der Waals surface area (Å²) in [5, 5.41) is 41.4. The van der Waals surface area contributed by atoms with Gasteiger partial charge in [-0.25, -0.2) is 0 Å². The monoisotopic (exact) mass is 618 g/mol. The maximum Gasteiger partial charge on any atom is 0.291 e. The average Bonchev–Trinajstić information content (AvgIpc) is 3.06. The normalized spacial score (nSPS) is 23.5. The van der Waals surface area contributed by atoms with Gasteiger partial charge in [0.15, 0.2) is 22.7 Å². The number of benzene rings is 2. The summed E-state index contributed by atoms with van der Waals surface area (Å²) in [6, 6.07) is 13.8. The molecule has 45 heavy (non-hydrogen) atoms. The van der Waals surface area contributed by atoms with Crippen molar-refractivity contribution in [3.05, 3.63) is 89.8 Å². The molecule has 1 saturated heterocycles. The number of ketones is 1. The third-order valence-corrected chi connectivity index (χ3v) is 7.53. The average molecular weight is 619 g/mol. The number of hydrogen-bond acceptors (Lipinski definition) is 12. The Morgan fingerprint density at radius 1 is 0.911 bits per heavy atom. The summed E-state index contributed by atoms with van der Waals surface area (Å²) in [6.07, 6.45) is -3.28. The lowest BCUT2D eigenvalue weighted by Crippen LogP contribution is -2.60. The van der Waals surface area contributed by atoms with E-state index in [-0.39, 0.29) is 28.6 Å². The van der Waals surface area contributed by atoms with Crippen LogP contribution in [-0.2, 0) is 19.0 Å². The van der Waals surface area contributed by atoms with Crippen molar-refractivity contribution in [1.29, 1.82) is 0 Å². The number of rotatable bonds is 8. The molecule has 0 amide bonds.